The molecule has 0 saturated carbocycles. The van der Waals surface area contributed by atoms with Gasteiger partial charge in [0.1, 0.15) is 5.82 Å². The first-order chi connectivity index (χ1) is 10.4. The molecular weight excluding hydrogens is 278 g/mol. The van der Waals surface area contributed by atoms with E-state index < -0.39 is 0 Å². The van der Waals surface area contributed by atoms with Gasteiger partial charge in [0, 0.05) is 23.8 Å². The van der Waals surface area contributed by atoms with E-state index in [9.17, 15) is 0 Å². The van der Waals surface area contributed by atoms with Crippen LogP contribution in [0.25, 0.3) is 0 Å². The van der Waals surface area contributed by atoms with Crippen molar-refractivity contribution in [2.24, 2.45) is 0 Å². The molecule has 1 atom stereocenters. The molecule has 0 bridgehead atoms. The van der Waals surface area contributed by atoms with Gasteiger partial charge in [0.15, 0.2) is 0 Å². The Morgan fingerprint density at radius 3 is 2.76 bits per heavy atom. The van der Waals surface area contributed by atoms with Crippen molar-refractivity contribution < 1.29 is 0 Å². The van der Waals surface area contributed by atoms with E-state index in [1.54, 1.807) is 11.3 Å². The molecule has 3 rings (SSSR count). The Hall–Kier alpha value is -1.91. The summed E-state index contributed by atoms with van der Waals surface area (Å²) in [4.78, 5) is 5.77. The molecule has 3 nitrogen and oxygen atoms in total. The van der Waals surface area contributed by atoms with E-state index in [-0.39, 0.29) is 6.04 Å². The van der Waals surface area contributed by atoms with Crippen LogP contribution in [0.15, 0.2) is 60.2 Å². The molecule has 0 radical (unpaired) electrons. The highest BCUT2D eigenvalue weighted by Gasteiger charge is 2.15. The minimum absolute atomic E-state index is 0.216. The van der Waals surface area contributed by atoms with Crippen molar-refractivity contribution >= 4 is 11.3 Å². The van der Waals surface area contributed by atoms with Gasteiger partial charge in [-0.2, -0.15) is 0 Å². The Balaban J connectivity index is 1.80. The molecule has 21 heavy (non-hydrogen) atoms. The van der Waals surface area contributed by atoms with Crippen LogP contribution in [0.2, 0.25) is 0 Å². The maximum Gasteiger partial charge on any atom is 0.122 e. The quantitative estimate of drug-likeness (QED) is 0.749. The van der Waals surface area contributed by atoms with E-state index in [1.807, 2.05) is 12.4 Å². The van der Waals surface area contributed by atoms with Crippen molar-refractivity contribution in [3.8, 4) is 0 Å². The summed E-state index contributed by atoms with van der Waals surface area (Å²) < 4.78 is 2.17. The summed E-state index contributed by atoms with van der Waals surface area (Å²) >= 11 is 1.78. The molecule has 2 heterocycles. The average Bonchev–Trinajstić information content (AvgIpc) is 3.20. The number of nitrogens with one attached hydrogen (secondary N) is 1. The standard InChI is InChI=1S/C17H19N3S/c1-2-20-11-10-18-16(20)13-19-17(15-9-6-12-21-15)14-7-4-3-5-8-14/h3-12,17,19H,2,13H2,1H3. The van der Waals surface area contributed by atoms with Crippen LogP contribution in [0.1, 0.15) is 29.2 Å². The summed E-state index contributed by atoms with van der Waals surface area (Å²) in [6.45, 7) is 3.85. The monoisotopic (exact) mass is 297 g/mol. The van der Waals surface area contributed by atoms with Gasteiger partial charge in [-0.1, -0.05) is 36.4 Å². The second kappa shape index (κ2) is 6.70. The van der Waals surface area contributed by atoms with E-state index >= 15 is 0 Å². The van der Waals surface area contributed by atoms with Gasteiger partial charge in [0.25, 0.3) is 0 Å². The highest BCUT2D eigenvalue weighted by molar-refractivity contribution is 7.10. The lowest BCUT2D eigenvalue weighted by Crippen LogP contribution is -2.23. The second-order valence-electron chi connectivity index (χ2n) is 4.87. The van der Waals surface area contributed by atoms with Crippen molar-refractivity contribution in [3.63, 3.8) is 0 Å². The molecule has 3 aromatic rings. The topological polar surface area (TPSA) is 29.9 Å². The van der Waals surface area contributed by atoms with Crippen LogP contribution in [0.3, 0.4) is 0 Å². The van der Waals surface area contributed by atoms with Crippen LogP contribution >= 0.6 is 11.3 Å². The molecule has 0 aliphatic carbocycles. The Labute approximate surface area is 129 Å². The van der Waals surface area contributed by atoms with Crippen LogP contribution in [0.4, 0.5) is 0 Å². The zero-order chi connectivity index (χ0) is 14.5. The Bertz CT molecular complexity index is 658. The largest absolute Gasteiger partial charge is 0.334 e. The van der Waals surface area contributed by atoms with Gasteiger partial charge in [0.05, 0.1) is 12.6 Å². The molecule has 108 valence electrons. The third-order valence-corrected chi connectivity index (χ3v) is 4.50. The molecule has 4 heteroatoms. The number of imidazole rings is 1. The lowest BCUT2D eigenvalue weighted by atomic mass is 10.1. The van der Waals surface area contributed by atoms with E-state index in [2.05, 4.69) is 69.6 Å². The lowest BCUT2D eigenvalue weighted by Gasteiger charge is -2.18. The molecule has 2 aromatic heterocycles. The second-order valence-corrected chi connectivity index (χ2v) is 5.85. The summed E-state index contributed by atoms with van der Waals surface area (Å²) in [5, 5.41) is 5.77. The molecule has 1 unspecified atom stereocenters. The maximum atomic E-state index is 4.44. The number of benzene rings is 1. The normalized spacial score (nSPS) is 12.4. The number of rotatable bonds is 6. The Morgan fingerprint density at radius 1 is 1.19 bits per heavy atom. The molecule has 1 N–H and O–H groups in total. The minimum Gasteiger partial charge on any atom is -0.334 e. The molecule has 0 aliphatic rings. The first-order valence-electron chi connectivity index (χ1n) is 7.20. The van der Waals surface area contributed by atoms with Crippen molar-refractivity contribution in [1.29, 1.82) is 0 Å². The number of hydrogen-bond acceptors (Lipinski definition) is 3. The van der Waals surface area contributed by atoms with E-state index in [4.69, 9.17) is 0 Å². The predicted molar refractivity (Wildman–Crippen MR) is 87.3 cm³/mol. The van der Waals surface area contributed by atoms with Crippen LogP contribution in [0, 0.1) is 0 Å². The molecule has 0 fully saturated rings. The van der Waals surface area contributed by atoms with Crippen molar-refractivity contribution in [3.05, 3.63) is 76.5 Å². The lowest BCUT2D eigenvalue weighted by molar-refractivity contribution is 0.567. The number of aromatic nitrogens is 2. The maximum absolute atomic E-state index is 4.44. The van der Waals surface area contributed by atoms with Gasteiger partial charge in [-0.15, -0.1) is 11.3 Å². The first-order valence-corrected chi connectivity index (χ1v) is 8.08. The van der Waals surface area contributed by atoms with Crippen LogP contribution in [-0.4, -0.2) is 9.55 Å². The van der Waals surface area contributed by atoms with Gasteiger partial charge in [-0.05, 0) is 23.9 Å². The van der Waals surface area contributed by atoms with Crippen molar-refractivity contribution in [2.45, 2.75) is 26.1 Å². The fourth-order valence-corrected chi connectivity index (χ4v) is 3.30. The van der Waals surface area contributed by atoms with Gasteiger partial charge in [0.2, 0.25) is 0 Å². The fraction of sp³-hybridized carbons (Fsp3) is 0.235. The van der Waals surface area contributed by atoms with E-state index in [0.29, 0.717) is 0 Å². The fourth-order valence-electron chi connectivity index (χ4n) is 2.47. The average molecular weight is 297 g/mol. The molecular formula is C17H19N3S. The van der Waals surface area contributed by atoms with Crippen molar-refractivity contribution in [1.82, 2.24) is 14.9 Å². The van der Waals surface area contributed by atoms with Gasteiger partial charge >= 0.3 is 0 Å². The zero-order valence-corrected chi connectivity index (χ0v) is 12.9. The third kappa shape index (κ3) is 3.23. The summed E-state index contributed by atoms with van der Waals surface area (Å²) in [6, 6.07) is 15.1. The van der Waals surface area contributed by atoms with Crippen LogP contribution < -0.4 is 5.32 Å². The molecule has 0 saturated heterocycles. The molecule has 0 aliphatic heterocycles. The smallest absolute Gasteiger partial charge is 0.122 e. The summed E-state index contributed by atoms with van der Waals surface area (Å²) in [5.74, 6) is 1.08. The van der Waals surface area contributed by atoms with Gasteiger partial charge < -0.3 is 4.57 Å². The number of aryl methyl sites for hydroxylation is 1. The first kappa shape index (κ1) is 14.0. The van der Waals surface area contributed by atoms with E-state index in [1.165, 1.54) is 10.4 Å². The Kier molecular flexibility index (Phi) is 4.48. The van der Waals surface area contributed by atoms with Crippen molar-refractivity contribution in [2.75, 3.05) is 0 Å². The number of hydrogen-bond donors (Lipinski definition) is 1. The van der Waals surface area contributed by atoms with Crippen LogP contribution in [-0.2, 0) is 13.1 Å². The minimum atomic E-state index is 0.216. The number of nitrogens with zero attached hydrogens (tertiary/aromatic N) is 2. The molecule has 0 spiro atoms. The molecule has 1 aromatic carbocycles. The number of thiophene rings is 1. The van der Waals surface area contributed by atoms with Gasteiger partial charge in [-0.3, -0.25) is 5.32 Å². The third-order valence-electron chi connectivity index (χ3n) is 3.57. The summed E-state index contributed by atoms with van der Waals surface area (Å²) in [7, 11) is 0. The zero-order valence-electron chi connectivity index (χ0n) is 12.1. The highest BCUT2D eigenvalue weighted by Crippen LogP contribution is 2.26. The molecule has 0 amide bonds. The van der Waals surface area contributed by atoms with E-state index in [0.717, 1.165) is 18.9 Å². The summed E-state index contributed by atoms with van der Waals surface area (Å²) in [6.07, 6.45) is 3.89. The van der Waals surface area contributed by atoms with Gasteiger partial charge in [-0.25, -0.2) is 4.98 Å². The highest BCUT2D eigenvalue weighted by atomic mass is 32.1. The Morgan fingerprint density at radius 2 is 2.05 bits per heavy atom. The SMILES string of the molecule is CCn1ccnc1CNC(c1ccccc1)c1cccs1. The van der Waals surface area contributed by atoms with Crippen LogP contribution in [0.5, 0.6) is 0 Å². The summed E-state index contributed by atoms with van der Waals surface area (Å²) in [5.41, 5.74) is 1.29. The predicted octanol–water partition coefficient (Wildman–Crippen LogP) is 3.84.